The van der Waals surface area contributed by atoms with Gasteiger partial charge >= 0.3 is 0 Å². The van der Waals surface area contributed by atoms with Crippen LogP contribution in [0.2, 0.25) is 0 Å². The highest BCUT2D eigenvalue weighted by Crippen LogP contribution is 2.22. The Morgan fingerprint density at radius 3 is 2.68 bits per heavy atom. The highest BCUT2D eigenvalue weighted by molar-refractivity contribution is 7.18. The van der Waals surface area contributed by atoms with Crippen molar-refractivity contribution in [3.63, 3.8) is 0 Å². The molecule has 0 aliphatic rings. The molecule has 6 heteroatoms. The van der Waals surface area contributed by atoms with Crippen molar-refractivity contribution in [2.24, 2.45) is 0 Å². The predicted molar refractivity (Wildman–Crippen MR) is 112 cm³/mol. The average molecular weight is 391 g/mol. The molecule has 5 nitrogen and oxygen atoms in total. The number of aryl methyl sites for hydroxylation is 1. The highest BCUT2D eigenvalue weighted by Gasteiger charge is 2.06. The number of amides is 1. The minimum Gasteiger partial charge on any atom is -0.352 e. The monoisotopic (exact) mass is 390 g/mol. The van der Waals surface area contributed by atoms with E-state index in [1.54, 1.807) is 17.5 Å². The number of para-hydroxylation sites is 1. The molecule has 142 valence electrons. The van der Waals surface area contributed by atoms with Crippen molar-refractivity contribution >= 4 is 27.5 Å². The molecular weight excluding hydrogens is 368 g/mol. The van der Waals surface area contributed by atoms with E-state index >= 15 is 0 Å². The predicted octanol–water partition coefficient (Wildman–Crippen LogP) is 4.18. The Bertz CT molecular complexity index is 1010. The molecule has 2 aromatic carbocycles. The second kappa shape index (κ2) is 8.80. The summed E-state index contributed by atoms with van der Waals surface area (Å²) >= 11 is 1.71. The lowest BCUT2D eigenvalue weighted by Gasteiger charge is -2.07. The first-order valence-corrected chi connectivity index (χ1v) is 10.2. The number of hydrogen-bond donors (Lipinski definition) is 1. The summed E-state index contributed by atoms with van der Waals surface area (Å²) in [4.78, 5) is 20.8. The minimum absolute atomic E-state index is 0.0867. The largest absolute Gasteiger partial charge is 0.352 e. The second-order valence-corrected chi connectivity index (χ2v) is 7.87. The summed E-state index contributed by atoms with van der Waals surface area (Å²) in [5, 5.41) is 4.11. The Labute approximate surface area is 168 Å². The summed E-state index contributed by atoms with van der Waals surface area (Å²) in [6, 6.07) is 16.5. The van der Waals surface area contributed by atoms with Crippen LogP contribution in [0.1, 0.15) is 29.0 Å². The summed E-state index contributed by atoms with van der Waals surface area (Å²) in [5.74, 6) is 0.0867. The number of aromatic nitrogens is 3. The van der Waals surface area contributed by atoms with Gasteiger partial charge in [-0.1, -0.05) is 36.4 Å². The normalized spacial score (nSPS) is 11.0. The molecule has 2 heterocycles. The van der Waals surface area contributed by atoms with E-state index in [0.717, 1.165) is 35.5 Å². The number of nitrogens with zero attached hydrogens (tertiary/aromatic N) is 3. The number of carbonyl (C=O) groups is 1. The molecule has 0 fully saturated rings. The van der Waals surface area contributed by atoms with Crippen LogP contribution in [-0.4, -0.2) is 20.4 Å². The van der Waals surface area contributed by atoms with Crippen LogP contribution < -0.4 is 5.32 Å². The molecule has 0 aliphatic heterocycles. The number of rotatable bonds is 8. The molecule has 0 aliphatic carbocycles. The molecule has 0 saturated carbocycles. The molecule has 0 atom stereocenters. The van der Waals surface area contributed by atoms with E-state index in [9.17, 15) is 4.79 Å². The zero-order chi connectivity index (χ0) is 19.2. The molecule has 0 radical (unpaired) electrons. The van der Waals surface area contributed by atoms with Gasteiger partial charge in [0.1, 0.15) is 0 Å². The molecule has 4 rings (SSSR count). The van der Waals surface area contributed by atoms with Crippen molar-refractivity contribution in [3.8, 4) is 0 Å². The first-order chi connectivity index (χ1) is 13.8. The van der Waals surface area contributed by atoms with Gasteiger partial charge in [-0.25, -0.2) is 9.97 Å². The molecule has 1 amide bonds. The first-order valence-electron chi connectivity index (χ1n) is 9.41. The zero-order valence-corrected chi connectivity index (χ0v) is 16.4. The number of nitrogens with one attached hydrogen (secondary N) is 1. The number of benzene rings is 2. The average Bonchev–Trinajstić information content (AvgIpc) is 3.36. The van der Waals surface area contributed by atoms with Crippen LogP contribution in [0.5, 0.6) is 0 Å². The lowest BCUT2D eigenvalue weighted by atomic mass is 10.1. The fraction of sp³-hybridized carbons (Fsp3) is 0.227. The van der Waals surface area contributed by atoms with Crippen molar-refractivity contribution in [1.29, 1.82) is 0 Å². The van der Waals surface area contributed by atoms with Crippen LogP contribution in [0.25, 0.3) is 10.2 Å². The maximum absolute atomic E-state index is 12.1. The van der Waals surface area contributed by atoms with E-state index in [1.807, 2.05) is 35.3 Å². The van der Waals surface area contributed by atoms with Crippen molar-refractivity contribution in [2.45, 2.75) is 32.4 Å². The van der Waals surface area contributed by atoms with Gasteiger partial charge in [0.25, 0.3) is 0 Å². The SMILES string of the molecule is O=C(CCCc1nc2ccccc2s1)NCc1ccc(Cn2ccnc2)cc1. The van der Waals surface area contributed by atoms with Crippen molar-refractivity contribution in [3.05, 3.63) is 83.4 Å². The zero-order valence-electron chi connectivity index (χ0n) is 15.5. The third kappa shape index (κ3) is 4.84. The van der Waals surface area contributed by atoms with Gasteiger partial charge in [0, 0.05) is 31.9 Å². The number of hydrogen-bond acceptors (Lipinski definition) is 4. The van der Waals surface area contributed by atoms with Gasteiger partial charge in [0.2, 0.25) is 5.91 Å². The third-order valence-electron chi connectivity index (χ3n) is 4.57. The molecule has 1 N–H and O–H groups in total. The van der Waals surface area contributed by atoms with E-state index < -0.39 is 0 Å². The van der Waals surface area contributed by atoms with Crippen molar-refractivity contribution in [1.82, 2.24) is 19.9 Å². The fourth-order valence-corrected chi connectivity index (χ4v) is 4.08. The highest BCUT2D eigenvalue weighted by atomic mass is 32.1. The summed E-state index contributed by atoms with van der Waals surface area (Å²) < 4.78 is 3.24. The van der Waals surface area contributed by atoms with E-state index in [2.05, 4.69) is 45.6 Å². The Morgan fingerprint density at radius 2 is 1.89 bits per heavy atom. The summed E-state index contributed by atoms with van der Waals surface area (Å²) in [7, 11) is 0. The smallest absolute Gasteiger partial charge is 0.220 e. The topological polar surface area (TPSA) is 59.8 Å². The van der Waals surface area contributed by atoms with Crippen molar-refractivity contribution < 1.29 is 4.79 Å². The van der Waals surface area contributed by atoms with Crippen LogP contribution in [0, 0.1) is 0 Å². The van der Waals surface area contributed by atoms with E-state index in [-0.39, 0.29) is 5.91 Å². The second-order valence-electron chi connectivity index (χ2n) is 6.76. The van der Waals surface area contributed by atoms with Crippen LogP contribution in [0.4, 0.5) is 0 Å². The summed E-state index contributed by atoms with van der Waals surface area (Å²) in [6.07, 6.45) is 7.71. The number of carbonyl (C=O) groups excluding carboxylic acids is 1. The maximum atomic E-state index is 12.1. The third-order valence-corrected chi connectivity index (χ3v) is 5.67. The van der Waals surface area contributed by atoms with E-state index in [1.165, 1.54) is 10.3 Å². The van der Waals surface area contributed by atoms with Crippen LogP contribution >= 0.6 is 11.3 Å². The van der Waals surface area contributed by atoms with Crippen LogP contribution in [-0.2, 0) is 24.3 Å². The standard InChI is InChI=1S/C22H22N4OS/c27-21(6-3-7-22-25-19-4-1-2-5-20(19)28-22)24-14-17-8-10-18(11-9-17)15-26-13-12-23-16-26/h1-2,4-5,8-13,16H,3,6-7,14-15H2,(H,24,27). The van der Waals surface area contributed by atoms with E-state index in [4.69, 9.17) is 0 Å². The molecular formula is C22H22N4OS. The molecule has 2 aromatic heterocycles. The Balaban J connectivity index is 1.19. The number of fused-ring (bicyclic) bond motifs is 1. The first kappa shape index (κ1) is 18.4. The number of thiazole rings is 1. The molecule has 0 unspecified atom stereocenters. The summed E-state index contributed by atoms with van der Waals surface area (Å²) in [6.45, 7) is 1.36. The quantitative estimate of drug-likeness (QED) is 0.491. The van der Waals surface area contributed by atoms with Gasteiger partial charge < -0.3 is 9.88 Å². The molecule has 4 aromatic rings. The van der Waals surface area contributed by atoms with Gasteiger partial charge in [-0.05, 0) is 36.1 Å². The van der Waals surface area contributed by atoms with Gasteiger partial charge in [0.05, 0.1) is 21.6 Å². The Hall–Kier alpha value is -2.99. The van der Waals surface area contributed by atoms with Crippen molar-refractivity contribution in [2.75, 3.05) is 0 Å². The van der Waals surface area contributed by atoms with Gasteiger partial charge in [0.15, 0.2) is 0 Å². The molecule has 28 heavy (non-hydrogen) atoms. The van der Waals surface area contributed by atoms with Gasteiger partial charge in [-0.3, -0.25) is 4.79 Å². The van der Waals surface area contributed by atoms with Crippen LogP contribution in [0.3, 0.4) is 0 Å². The molecule has 0 spiro atoms. The fourth-order valence-electron chi connectivity index (χ4n) is 3.07. The summed E-state index contributed by atoms with van der Waals surface area (Å²) in [5.41, 5.74) is 3.36. The van der Waals surface area contributed by atoms with E-state index in [0.29, 0.717) is 13.0 Å². The Kier molecular flexibility index (Phi) is 5.77. The maximum Gasteiger partial charge on any atom is 0.220 e. The van der Waals surface area contributed by atoms with Gasteiger partial charge in [-0.2, -0.15) is 0 Å². The van der Waals surface area contributed by atoms with Crippen LogP contribution in [0.15, 0.2) is 67.3 Å². The molecule has 0 bridgehead atoms. The molecule has 0 saturated heterocycles. The lowest BCUT2D eigenvalue weighted by molar-refractivity contribution is -0.121. The lowest BCUT2D eigenvalue weighted by Crippen LogP contribution is -2.22. The van der Waals surface area contributed by atoms with Gasteiger partial charge in [-0.15, -0.1) is 11.3 Å². The number of imidazole rings is 1. The minimum atomic E-state index is 0.0867. The Morgan fingerprint density at radius 1 is 1.07 bits per heavy atom.